The van der Waals surface area contributed by atoms with Crippen molar-refractivity contribution in [3.8, 4) is 5.75 Å². The SMILES string of the molecule is COc1cccc(Nc2nc(Nc3ccc(C)c(Cl)c3)nc(N3CCOCC3)n2)c1. The van der Waals surface area contributed by atoms with Crippen LogP contribution in [0.15, 0.2) is 42.5 Å². The zero-order valence-electron chi connectivity index (χ0n) is 16.9. The van der Waals surface area contributed by atoms with Crippen LogP contribution in [0.3, 0.4) is 0 Å². The summed E-state index contributed by atoms with van der Waals surface area (Å²) in [6.07, 6.45) is 0. The maximum absolute atomic E-state index is 6.26. The molecule has 4 rings (SSSR count). The first kappa shape index (κ1) is 20.2. The third-order valence-electron chi connectivity index (χ3n) is 4.67. The van der Waals surface area contributed by atoms with Gasteiger partial charge in [0, 0.05) is 35.6 Å². The van der Waals surface area contributed by atoms with Crippen LogP contribution in [0, 0.1) is 6.92 Å². The fourth-order valence-electron chi connectivity index (χ4n) is 3.01. The van der Waals surface area contributed by atoms with Gasteiger partial charge in [0.1, 0.15) is 5.75 Å². The molecule has 2 aromatic carbocycles. The second-order valence-electron chi connectivity index (χ2n) is 6.83. The maximum atomic E-state index is 6.26. The molecule has 3 aromatic rings. The number of hydrogen-bond donors (Lipinski definition) is 2. The van der Waals surface area contributed by atoms with E-state index >= 15 is 0 Å². The molecule has 0 radical (unpaired) electrons. The zero-order chi connectivity index (χ0) is 20.9. The van der Waals surface area contributed by atoms with Crippen molar-refractivity contribution in [1.29, 1.82) is 0 Å². The number of aromatic nitrogens is 3. The van der Waals surface area contributed by atoms with Crippen LogP contribution in [0.4, 0.5) is 29.2 Å². The quantitative estimate of drug-likeness (QED) is 0.607. The van der Waals surface area contributed by atoms with Gasteiger partial charge in [0.25, 0.3) is 0 Å². The maximum Gasteiger partial charge on any atom is 0.233 e. The number of benzene rings is 2. The second-order valence-corrected chi connectivity index (χ2v) is 7.24. The Morgan fingerprint density at radius 3 is 2.33 bits per heavy atom. The van der Waals surface area contributed by atoms with E-state index in [4.69, 9.17) is 21.1 Å². The fourth-order valence-corrected chi connectivity index (χ4v) is 3.19. The van der Waals surface area contributed by atoms with Crippen LogP contribution in [0.25, 0.3) is 0 Å². The Hall–Kier alpha value is -3.10. The van der Waals surface area contributed by atoms with E-state index in [-0.39, 0.29) is 0 Å². The molecule has 9 heteroatoms. The van der Waals surface area contributed by atoms with E-state index in [2.05, 4.69) is 30.5 Å². The molecule has 8 nitrogen and oxygen atoms in total. The first-order valence-electron chi connectivity index (χ1n) is 9.64. The van der Waals surface area contributed by atoms with Gasteiger partial charge in [-0.25, -0.2) is 0 Å². The van der Waals surface area contributed by atoms with E-state index in [0.29, 0.717) is 36.1 Å². The number of halogens is 1. The number of ether oxygens (including phenoxy) is 2. The van der Waals surface area contributed by atoms with Crippen LogP contribution in [-0.2, 0) is 4.74 Å². The minimum absolute atomic E-state index is 0.428. The Morgan fingerprint density at radius 2 is 1.67 bits per heavy atom. The second kappa shape index (κ2) is 9.15. The van der Waals surface area contributed by atoms with Crippen LogP contribution in [-0.4, -0.2) is 48.4 Å². The van der Waals surface area contributed by atoms with Gasteiger partial charge in [-0.3, -0.25) is 0 Å². The summed E-state index contributed by atoms with van der Waals surface area (Å²) in [5.74, 6) is 2.19. The molecule has 1 aliphatic rings. The first-order valence-corrected chi connectivity index (χ1v) is 10.0. The number of morpholine rings is 1. The van der Waals surface area contributed by atoms with Crippen molar-refractivity contribution < 1.29 is 9.47 Å². The molecular weight excluding hydrogens is 404 g/mol. The van der Waals surface area contributed by atoms with Crippen molar-refractivity contribution in [2.75, 3.05) is 48.9 Å². The molecule has 1 fully saturated rings. The Kier molecular flexibility index (Phi) is 6.15. The van der Waals surface area contributed by atoms with E-state index in [1.54, 1.807) is 7.11 Å². The van der Waals surface area contributed by atoms with Crippen LogP contribution < -0.4 is 20.3 Å². The average molecular weight is 427 g/mol. The summed E-state index contributed by atoms with van der Waals surface area (Å²) >= 11 is 6.26. The molecule has 0 amide bonds. The molecule has 0 bridgehead atoms. The van der Waals surface area contributed by atoms with Gasteiger partial charge in [-0.2, -0.15) is 15.0 Å². The topological polar surface area (TPSA) is 84.4 Å². The highest BCUT2D eigenvalue weighted by atomic mass is 35.5. The van der Waals surface area contributed by atoms with Gasteiger partial charge in [0.2, 0.25) is 17.8 Å². The Labute approximate surface area is 180 Å². The van der Waals surface area contributed by atoms with Crippen molar-refractivity contribution >= 4 is 40.8 Å². The van der Waals surface area contributed by atoms with E-state index in [9.17, 15) is 0 Å². The number of hydrogen-bond acceptors (Lipinski definition) is 8. The Morgan fingerprint density at radius 1 is 0.967 bits per heavy atom. The Balaban J connectivity index is 1.65. The largest absolute Gasteiger partial charge is 0.497 e. The minimum Gasteiger partial charge on any atom is -0.497 e. The van der Waals surface area contributed by atoms with Gasteiger partial charge in [0.15, 0.2) is 0 Å². The lowest BCUT2D eigenvalue weighted by molar-refractivity contribution is 0.122. The first-order chi connectivity index (χ1) is 14.6. The van der Waals surface area contributed by atoms with Gasteiger partial charge in [-0.15, -0.1) is 0 Å². The highest BCUT2D eigenvalue weighted by Crippen LogP contribution is 2.25. The predicted octanol–water partition coefficient (Wildman–Crippen LogP) is 4.17. The van der Waals surface area contributed by atoms with E-state index in [1.807, 2.05) is 49.4 Å². The average Bonchev–Trinajstić information content (AvgIpc) is 2.77. The molecule has 2 N–H and O–H groups in total. The van der Waals surface area contributed by atoms with Gasteiger partial charge < -0.3 is 25.0 Å². The lowest BCUT2D eigenvalue weighted by Crippen LogP contribution is -2.37. The lowest BCUT2D eigenvalue weighted by atomic mass is 10.2. The number of anilines is 5. The normalized spacial score (nSPS) is 13.8. The van der Waals surface area contributed by atoms with Gasteiger partial charge in [0.05, 0.1) is 20.3 Å². The third-order valence-corrected chi connectivity index (χ3v) is 5.08. The molecular formula is C21H23ClN6O2. The molecule has 0 unspecified atom stereocenters. The summed E-state index contributed by atoms with van der Waals surface area (Å²) < 4.78 is 10.7. The van der Waals surface area contributed by atoms with E-state index in [1.165, 1.54) is 0 Å². The molecule has 1 saturated heterocycles. The van der Waals surface area contributed by atoms with E-state index < -0.39 is 0 Å². The standard InChI is InChI=1S/C21H23ClN6O2/c1-14-6-7-16(13-18(14)22)24-20-25-19(23-15-4-3-5-17(12-15)29-2)26-21(27-20)28-8-10-30-11-9-28/h3-7,12-13H,8-11H2,1-2H3,(H2,23,24,25,26,27). The summed E-state index contributed by atoms with van der Waals surface area (Å²) in [4.78, 5) is 15.8. The zero-order valence-corrected chi connectivity index (χ0v) is 17.6. The monoisotopic (exact) mass is 426 g/mol. The summed E-state index contributed by atoms with van der Waals surface area (Å²) in [7, 11) is 1.63. The fraction of sp³-hybridized carbons (Fsp3) is 0.286. The van der Waals surface area contributed by atoms with Crippen LogP contribution >= 0.6 is 11.6 Å². The van der Waals surface area contributed by atoms with Crippen molar-refractivity contribution in [3.05, 3.63) is 53.1 Å². The molecule has 0 saturated carbocycles. The predicted molar refractivity (Wildman–Crippen MR) is 119 cm³/mol. The van der Waals surface area contributed by atoms with Crippen molar-refractivity contribution in [1.82, 2.24) is 15.0 Å². The van der Waals surface area contributed by atoms with Crippen molar-refractivity contribution in [2.45, 2.75) is 6.92 Å². The van der Waals surface area contributed by atoms with Crippen LogP contribution in [0.2, 0.25) is 5.02 Å². The molecule has 1 aliphatic heterocycles. The molecule has 156 valence electrons. The summed E-state index contributed by atoms with van der Waals surface area (Å²) in [5, 5.41) is 7.15. The molecule has 0 aliphatic carbocycles. The minimum atomic E-state index is 0.428. The number of nitrogens with zero attached hydrogens (tertiary/aromatic N) is 4. The van der Waals surface area contributed by atoms with Crippen LogP contribution in [0.1, 0.15) is 5.56 Å². The third kappa shape index (κ3) is 4.90. The molecule has 0 spiro atoms. The summed E-state index contributed by atoms with van der Waals surface area (Å²) in [6.45, 7) is 4.68. The highest BCUT2D eigenvalue weighted by molar-refractivity contribution is 6.31. The lowest BCUT2D eigenvalue weighted by Gasteiger charge is -2.27. The van der Waals surface area contributed by atoms with Crippen molar-refractivity contribution in [3.63, 3.8) is 0 Å². The highest BCUT2D eigenvalue weighted by Gasteiger charge is 2.17. The summed E-state index contributed by atoms with van der Waals surface area (Å²) in [5.41, 5.74) is 2.63. The van der Waals surface area contributed by atoms with Gasteiger partial charge >= 0.3 is 0 Å². The van der Waals surface area contributed by atoms with Gasteiger partial charge in [-0.05, 0) is 36.8 Å². The smallest absolute Gasteiger partial charge is 0.233 e. The number of aryl methyl sites for hydroxylation is 1. The molecule has 0 atom stereocenters. The molecule has 1 aromatic heterocycles. The number of nitrogens with one attached hydrogen (secondary N) is 2. The number of rotatable bonds is 6. The molecule has 30 heavy (non-hydrogen) atoms. The van der Waals surface area contributed by atoms with Crippen molar-refractivity contribution in [2.24, 2.45) is 0 Å². The van der Waals surface area contributed by atoms with E-state index in [0.717, 1.165) is 35.8 Å². The van der Waals surface area contributed by atoms with Gasteiger partial charge in [-0.1, -0.05) is 23.7 Å². The molecule has 2 heterocycles. The Bertz CT molecular complexity index is 1030. The number of methoxy groups -OCH3 is 1. The summed E-state index contributed by atoms with van der Waals surface area (Å²) in [6, 6.07) is 13.3. The van der Waals surface area contributed by atoms with Crippen LogP contribution in [0.5, 0.6) is 5.75 Å².